The SMILES string of the molecule is Cc1nc(C)c(C(=O)Nc2ccc(O)c(Cl)c2)s1. The number of thiazole rings is 1. The molecule has 2 rings (SSSR count). The number of aromatic nitrogens is 1. The minimum atomic E-state index is -0.222. The van der Waals surface area contributed by atoms with E-state index in [1.54, 1.807) is 13.0 Å². The van der Waals surface area contributed by atoms with Gasteiger partial charge < -0.3 is 10.4 Å². The topological polar surface area (TPSA) is 62.2 Å². The molecule has 0 spiro atoms. The number of aromatic hydroxyl groups is 1. The van der Waals surface area contributed by atoms with E-state index in [0.717, 1.165) is 5.01 Å². The first-order valence-electron chi connectivity index (χ1n) is 5.21. The maximum absolute atomic E-state index is 12.0. The standard InChI is InChI=1S/C12H11ClN2O2S/c1-6-11(18-7(2)14-6)12(17)15-8-3-4-10(16)9(13)5-8/h3-5,16H,1-2H3,(H,15,17). The lowest BCUT2D eigenvalue weighted by molar-refractivity contribution is 0.103. The summed E-state index contributed by atoms with van der Waals surface area (Å²) in [4.78, 5) is 16.8. The molecule has 2 aromatic rings. The Bertz CT molecular complexity index is 610. The van der Waals surface area contributed by atoms with E-state index in [0.29, 0.717) is 16.3 Å². The highest BCUT2D eigenvalue weighted by atomic mass is 35.5. The number of hydrogen-bond acceptors (Lipinski definition) is 4. The summed E-state index contributed by atoms with van der Waals surface area (Å²) in [7, 11) is 0. The van der Waals surface area contributed by atoms with Crippen molar-refractivity contribution in [2.24, 2.45) is 0 Å². The molecule has 1 aromatic carbocycles. The molecule has 0 aliphatic rings. The molecular formula is C12H11ClN2O2S. The number of anilines is 1. The first-order valence-corrected chi connectivity index (χ1v) is 6.40. The van der Waals surface area contributed by atoms with Gasteiger partial charge in [0.25, 0.3) is 5.91 Å². The first-order chi connectivity index (χ1) is 8.47. The van der Waals surface area contributed by atoms with E-state index in [1.165, 1.54) is 23.5 Å². The molecule has 0 saturated carbocycles. The number of phenols is 1. The van der Waals surface area contributed by atoms with Crippen molar-refractivity contribution in [2.45, 2.75) is 13.8 Å². The third-order valence-electron chi connectivity index (χ3n) is 2.32. The van der Waals surface area contributed by atoms with E-state index in [2.05, 4.69) is 10.3 Å². The monoisotopic (exact) mass is 282 g/mol. The molecule has 0 unspecified atom stereocenters. The molecule has 2 N–H and O–H groups in total. The van der Waals surface area contributed by atoms with Gasteiger partial charge in [0.05, 0.1) is 15.7 Å². The van der Waals surface area contributed by atoms with Crippen LogP contribution in [0.1, 0.15) is 20.4 Å². The predicted octanol–water partition coefficient (Wildman–Crippen LogP) is 3.37. The normalized spacial score (nSPS) is 10.4. The lowest BCUT2D eigenvalue weighted by atomic mass is 10.3. The second-order valence-corrected chi connectivity index (χ2v) is 5.38. The summed E-state index contributed by atoms with van der Waals surface area (Å²) in [6, 6.07) is 4.52. The smallest absolute Gasteiger partial charge is 0.267 e. The lowest BCUT2D eigenvalue weighted by Gasteiger charge is -2.05. The number of nitrogens with zero attached hydrogens (tertiary/aromatic N) is 1. The largest absolute Gasteiger partial charge is 0.506 e. The number of amides is 1. The van der Waals surface area contributed by atoms with Crippen molar-refractivity contribution in [3.8, 4) is 5.75 Å². The summed E-state index contributed by atoms with van der Waals surface area (Å²) in [5.41, 5.74) is 1.24. The van der Waals surface area contributed by atoms with Crippen LogP contribution in [0.2, 0.25) is 5.02 Å². The van der Waals surface area contributed by atoms with Crippen LogP contribution in [0.3, 0.4) is 0 Å². The Labute approximate surface area is 113 Å². The molecule has 0 aliphatic heterocycles. The van der Waals surface area contributed by atoms with E-state index in [-0.39, 0.29) is 16.7 Å². The molecule has 6 heteroatoms. The van der Waals surface area contributed by atoms with Gasteiger partial charge in [0.2, 0.25) is 0 Å². The van der Waals surface area contributed by atoms with Crippen LogP contribution in [-0.4, -0.2) is 16.0 Å². The number of rotatable bonds is 2. The summed E-state index contributed by atoms with van der Waals surface area (Å²) < 4.78 is 0. The summed E-state index contributed by atoms with van der Waals surface area (Å²) in [6.45, 7) is 3.65. The average Bonchev–Trinajstić information content (AvgIpc) is 2.63. The van der Waals surface area contributed by atoms with E-state index >= 15 is 0 Å². The van der Waals surface area contributed by atoms with Crippen LogP contribution in [-0.2, 0) is 0 Å². The zero-order valence-corrected chi connectivity index (χ0v) is 11.4. The zero-order valence-electron chi connectivity index (χ0n) is 9.82. The third-order valence-corrected chi connectivity index (χ3v) is 3.69. The Balaban J connectivity index is 2.21. The molecule has 1 aromatic heterocycles. The molecule has 0 saturated heterocycles. The summed E-state index contributed by atoms with van der Waals surface area (Å²) in [5, 5.41) is 13.1. The minimum Gasteiger partial charge on any atom is -0.506 e. The average molecular weight is 283 g/mol. The fourth-order valence-electron chi connectivity index (χ4n) is 1.51. The molecular weight excluding hydrogens is 272 g/mol. The number of carbonyl (C=O) groups is 1. The predicted molar refractivity (Wildman–Crippen MR) is 72.7 cm³/mol. The van der Waals surface area contributed by atoms with Gasteiger partial charge in [-0.15, -0.1) is 11.3 Å². The van der Waals surface area contributed by atoms with Gasteiger partial charge in [-0.1, -0.05) is 11.6 Å². The maximum atomic E-state index is 12.0. The highest BCUT2D eigenvalue weighted by molar-refractivity contribution is 7.13. The molecule has 0 bridgehead atoms. The Morgan fingerprint density at radius 3 is 2.72 bits per heavy atom. The summed E-state index contributed by atoms with van der Waals surface area (Å²) in [6.07, 6.45) is 0. The summed E-state index contributed by atoms with van der Waals surface area (Å²) >= 11 is 7.11. The Morgan fingerprint density at radius 1 is 1.44 bits per heavy atom. The van der Waals surface area contributed by atoms with E-state index in [9.17, 15) is 9.90 Å². The van der Waals surface area contributed by atoms with Crippen molar-refractivity contribution in [3.63, 3.8) is 0 Å². The highest BCUT2D eigenvalue weighted by Gasteiger charge is 2.14. The van der Waals surface area contributed by atoms with Crippen LogP contribution in [0.25, 0.3) is 0 Å². The third kappa shape index (κ3) is 2.63. The quantitative estimate of drug-likeness (QED) is 0.830. The maximum Gasteiger partial charge on any atom is 0.267 e. The number of hydrogen-bond donors (Lipinski definition) is 2. The zero-order chi connectivity index (χ0) is 13.3. The fourth-order valence-corrected chi connectivity index (χ4v) is 2.51. The van der Waals surface area contributed by atoms with Gasteiger partial charge in [-0.3, -0.25) is 4.79 Å². The van der Waals surface area contributed by atoms with Crippen molar-refractivity contribution in [2.75, 3.05) is 5.32 Å². The van der Waals surface area contributed by atoms with Crippen LogP contribution in [0, 0.1) is 13.8 Å². The summed E-state index contributed by atoms with van der Waals surface area (Å²) in [5.74, 6) is -0.237. The number of halogens is 1. The van der Waals surface area contributed by atoms with Gasteiger partial charge in [0.15, 0.2) is 0 Å². The number of aryl methyl sites for hydroxylation is 2. The number of carbonyl (C=O) groups excluding carboxylic acids is 1. The van der Waals surface area contributed by atoms with Crippen molar-refractivity contribution < 1.29 is 9.90 Å². The van der Waals surface area contributed by atoms with E-state index in [1.807, 2.05) is 6.92 Å². The molecule has 0 atom stereocenters. The molecule has 0 fully saturated rings. The number of nitrogens with one attached hydrogen (secondary N) is 1. The second kappa shape index (κ2) is 4.96. The number of benzene rings is 1. The van der Waals surface area contributed by atoms with Crippen LogP contribution >= 0.6 is 22.9 Å². The molecule has 18 heavy (non-hydrogen) atoms. The van der Waals surface area contributed by atoms with Crippen molar-refractivity contribution in [1.29, 1.82) is 0 Å². The van der Waals surface area contributed by atoms with Crippen LogP contribution < -0.4 is 5.32 Å². The lowest BCUT2D eigenvalue weighted by Crippen LogP contribution is -2.11. The van der Waals surface area contributed by atoms with Gasteiger partial charge in [0.1, 0.15) is 10.6 Å². The molecule has 94 valence electrons. The minimum absolute atomic E-state index is 0.0144. The molecule has 1 amide bonds. The Morgan fingerprint density at radius 2 is 2.17 bits per heavy atom. The Kier molecular flexibility index (Phi) is 3.54. The van der Waals surface area contributed by atoms with E-state index < -0.39 is 0 Å². The second-order valence-electron chi connectivity index (χ2n) is 3.77. The van der Waals surface area contributed by atoms with E-state index in [4.69, 9.17) is 11.6 Å². The van der Waals surface area contributed by atoms with Gasteiger partial charge in [0, 0.05) is 5.69 Å². The van der Waals surface area contributed by atoms with Crippen molar-refractivity contribution in [1.82, 2.24) is 4.98 Å². The van der Waals surface area contributed by atoms with Gasteiger partial charge in [-0.05, 0) is 32.0 Å². The van der Waals surface area contributed by atoms with Crippen molar-refractivity contribution in [3.05, 3.63) is 38.8 Å². The first kappa shape index (κ1) is 12.9. The Hall–Kier alpha value is -1.59. The number of phenolic OH excluding ortho intramolecular Hbond substituents is 1. The molecule has 1 heterocycles. The highest BCUT2D eigenvalue weighted by Crippen LogP contribution is 2.27. The molecule has 0 radical (unpaired) electrons. The fraction of sp³-hybridized carbons (Fsp3) is 0.167. The molecule has 4 nitrogen and oxygen atoms in total. The van der Waals surface area contributed by atoms with Crippen molar-refractivity contribution >= 4 is 34.5 Å². The van der Waals surface area contributed by atoms with Gasteiger partial charge in [-0.2, -0.15) is 0 Å². The van der Waals surface area contributed by atoms with Crippen LogP contribution in [0.15, 0.2) is 18.2 Å². The van der Waals surface area contributed by atoms with Gasteiger partial charge >= 0.3 is 0 Å². The van der Waals surface area contributed by atoms with Gasteiger partial charge in [-0.25, -0.2) is 4.98 Å². The van der Waals surface area contributed by atoms with Crippen LogP contribution in [0.5, 0.6) is 5.75 Å². The molecule has 0 aliphatic carbocycles. The van der Waals surface area contributed by atoms with Crippen LogP contribution in [0.4, 0.5) is 5.69 Å².